The van der Waals surface area contributed by atoms with Gasteiger partial charge in [0.05, 0.1) is 10.8 Å². The first-order valence-corrected chi connectivity index (χ1v) is 12.2. The highest BCUT2D eigenvalue weighted by Gasteiger charge is 2.48. The van der Waals surface area contributed by atoms with Crippen LogP contribution in [-0.4, -0.2) is 64.6 Å². The lowest BCUT2D eigenvalue weighted by Crippen LogP contribution is -2.53. The number of nitrogens with one attached hydrogen (secondary N) is 3. The zero-order valence-corrected chi connectivity index (χ0v) is 19.0. The van der Waals surface area contributed by atoms with Crippen molar-refractivity contribution in [2.45, 2.75) is 74.2 Å². The van der Waals surface area contributed by atoms with Gasteiger partial charge in [-0.15, -0.1) is 23.2 Å². The van der Waals surface area contributed by atoms with Gasteiger partial charge >= 0.3 is 6.03 Å². The molecule has 2 saturated heterocycles. The van der Waals surface area contributed by atoms with Gasteiger partial charge < -0.3 is 15.5 Å². The molecule has 10 heteroatoms. The van der Waals surface area contributed by atoms with Crippen molar-refractivity contribution < 1.29 is 19.2 Å². The number of imide groups is 1. The van der Waals surface area contributed by atoms with E-state index in [-0.39, 0.29) is 64.7 Å². The molecule has 0 aromatic carbocycles. The molecule has 8 nitrogen and oxygen atoms in total. The minimum absolute atomic E-state index is 0.00833. The molecule has 0 spiro atoms. The minimum atomic E-state index is -0.539. The lowest BCUT2D eigenvalue weighted by atomic mass is 9.75. The number of hydrogen-bond acceptors (Lipinski definition) is 4. The van der Waals surface area contributed by atoms with E-state index in [0.717, 1.165) is 32.1 Å². The molecule has 7 unspecified atom stereocenters. The van der Waals surface area contributed by atoms with Gasteiger partial charge in [0.2, 0.25) is 17.7 Å². The summed E-state index contributed by atoms with van der Waals surface area (Å²) in [5, 5.41) is 7.82. The Kier molecular flexibility index (Phi) is 6.96. The molecule has 0 aromatic heterocycles. The SMILES string of the molecule is O=C1CCC(N2CC3CCC(CNC(=O)NC4CCCC(Cl)C4Cl)CC3C2=O)C(=O)N1. The van der Waals surface area contributed by atoms with E-state index in [2.05, 4.69) is 16.0 Å². The van der Waals surface area contributed by atoms with E-state index >= 15 is 0 Å². The zero-order valence-electron chi connectivity index (χ0n) is 17.4. The molecule has 4 aliphatic rings. The Hall–Kier alpha value is -1.54. The van der Waals surface area contributed by atoms with Gasteiger partial charge in [-0.1, -0.05) is 0 Å². The van der Waals surface area contributed by atoms with Crippen LogP contribution in [0.25, 0.3) is 0 Å². The van der Waals surface area contributed by atoms with Crippen molar-refractivity contribution in [3.63, 3.8) is 0 Å². The van der Waals surface area contributed by atoms with Crippen molar-refractivity contribution in [1.29, 1.82) is 0 Å². The van der Waals surface area contributed by atoms with E-state index in [1.165, 1.54) is 0 Å². The lowest BCUT2D eigenvalue weighted by molar-refractivity contribution is -0.144. The Labute approximate surface area is 192 Å². The van der Waals surface area contributed by atoms with Crippen LogP contribution in [-0.2, 0) is 14.4 Å². The highest BCUT2D eigenvalue weighted by Crippen LogP contribution is 2.41. The summed E-state index contributed by atoms with van der Waals surface area (Å²) in [6.07, 6.45) is 5.84. The van der Waals surface area contributed by atoms with Gasteiger partial charge in [0, 0.05) is 31.5 Å². The molecule has 31 heavy (non-hydrogen) atoms. The van der Waals surface area contributed by atoms with Gasteiger partial charge in [-0.2, -0.15) is 0 Å². The van der Waals surface area contributed by atoms with Crippen LogP contribution in [0.2, 0.25) is 0 Å². The normalized spacial score (nSPS) is 38.5. The summed E-state index contributed by atoms with van der Waals surface area (Å²) in [6.45, 7) is 1.08. The van der Waals surface area contributed by atoms with Crippen LogP contribution in [0, 0.1) is 17.8 Å². The number of alkyl halides is 2. The highest BCUT2D eigenvalue weighted by atomic mass is 35.5. The van der Waals surface area contributed by atoms with Crippen LogP contribution in [0.1, 0.15) is 51.4 Å². The summed E-state index contributed by atoms with van der Waals surface area (Å²) in [4.78, 5) is 50.6. The number of piperidine rings is 1. The molecule has 2 heterocycles. The second-order valence-corrected chi connectivity index (χ2v) is 10.4. The summed E-state index contributed by atoms with van der Waals surface area (Å²) in [5.74, 6) is -0.285. The van der Waals surface area contributed by atoms with E-state index in [0.29, 0.717) is 25.9 Å². The second kappa shape index (κ2) is 9.53. The van der Waals surface area contributed by atoms with Crippen molar-refractivity contribution in [2.24, 2.45) is 17.8 Å². The summed E-state index contributed by atoms with van der Waals surface area (Å²) in [7, 11) is 0. The maximum Gasteiger partial charge on any atom is 0.315 e. The Balaban J connectivity index is 1.26. The summed E-state index contributed by atoms with van der Waals surface area (Å²) < 4.78 is 0. The molecule has 4 rings (SSSR count). The van der Waals surface area contributed by atoms with E-state index in [9.17, 15) is 19.2 Å². The molecule has 0 aromatic rings. The monoisotopic (exact) mass is 472 g/mol. The van der Waals surface area contributed by atoms with Crippen LogP contribution in [0.3, 0.4) is 0 Å². The fourth-order valence-electron chi connectivity index (χ4n) is 5.55. The van der Waals surface area contributed by atoms with Crippen LogP contribution in [0.15, 0.2) is 0 Å². The summed E-state index contributed by atoms with van der Waals surface area (Å²) in [5.41, 5.74) is 0. The maximum absolute atomic E-state index is 13.0. The topological polar surface area (TPSA) is 108 Å². The average molecular weight is 473 g/mol. The third-order valence-electron chi connectivity index (χ3n) is 7.31. The predicted octanol–water partition coefficient (Wildman–Crippen LogP) is 1.73. The van der Waals surface area contributed by atoms with E-state index < -0.39 is 6.04 Å². The molecular weight excluding hydrogens is 443 g/mol. The third-order valence-corrected chi connectivity index (χ3v) is 8.54. The van der Waals surface area contributed by atoms with E-state index in [4.69, 9.17) is 23.2 Å². The number of hydrogen-bond donors (Lipinski definition) is 3. The number of nitrogens with zero attached hydrogens (tertiary/aromatic N) is 1. The number of fused-ring (bicyclic) bond motifs is 1. The van der Waals surface area contributed by atoms with Gasteiger partial charge in [0.1, 0.15) is 6.04 Å². The first kappa shape index (κ1) is 22.6. The predicted molar refractivity (Wildman–Crippen MR) is 116 cm³/mol. The van der Waals surface area contributed by atoms with Crippen LogP contribution in [0.5, 0.6) is 0 Å². The molecular formula is C21H30Cl2N4O4. The van der Waals surface area contributed by atoms with Gasteiger partial charge in [0.25, 0.3) is 0 Å². The van der Waals surface area contributed by atoms with Crippen LogP contribution < -0.4 is 16.0 Å². The van der Waals surface area contributed by atoms with E-state index in [1.54, 1.807) is 4.90 Å². The number of amides is 5. The number of halogens is 2. The van der Waals surface area contributed by atoms with E-state index in [1.807, 2.05) is 0 Å². The molecule has 2 saturated carbocycles. The molecule has 0 bridgehead atoms. The third kappa shape index (κ3) is 4.95. The largest absolute Gasteiger partial charge is 0.338 e. The molecule has 5 amide bonds. The zero-order chi connectivity index (χ0) is 22.1. The van der Waals surface area contributed by atoms with Gasteiger partial charge in [-0.05, 0) is 56.8 Å². The first-order chi connectivity index (χ1) is 14.8. The number of rotatable bonds is 4. The van der Waals surface area contributed by atoms with Crippen LogP contribution >= 0.6 is 23.2 Å². The molecule has 3 N–H and O–H groups in total. The molecule has 0 radical (unpaired) electrons. The molecule has 2 aliphatic carbocycles. The van der Waals surface area contributed by atoms with Crippen molar-refractivity contribution in [1.82, 2.24) is 20.9 Å². The van der Waals surface area contributed by atoms with Crippen molar-refractivity contribution in [3.05, 3.63) is 0 Å². The Morgan fingerprint density at radius 3 is 2.68 bits per heavy atom. The first-order valence-electron chi connectivity index (χ1n) is 11.3. The van der Waals surface area contributed by atoms with Gasteiger partial charge in [0.15, 0.2) is 0 Å². The van der Waals surface area contributed by atoms with Gasteiger partial charge in [-0.3, -0.25) is 19.7 Å². The second-order valence-electron chi connectivity index (χ2n) is 9.36. The van der Waals surface area contributed by atoms with Crippen molar-refractivity contribution in [2.75, 3.05) is 13.1 Å². The fourth-order valence-corrected chi connectivity index (χ4v) is 6.20. The smallest absolute Gasteiger partial charge is 0.315 e. The number of likely N-dealkylation sites (tertiary alicyclic amines) is 1. The van der Waals surface area contributed by atoms with Crippen molar-refractivity contribution in [3.8, 4) is 0 Å². The maximum atomic E-state index is 13.0. The average Bonchev–Trinajstić information content (AvgIpc) is 3.06. The Morgan fingerprint density at radius 2 is 1.90 bits per heavy atom. The minimum Gasteiger partial charge on any atom is -0.338 e. The number of carbonyl (C=O) groups excluding carboxylic acids is 4. The fraction of sp³-hybridized carbons (Fsp3) is 0.810. The quantitative estimate of drug-likeness (QED) is 0.427. The molecule has 7 atom stereocenters. The number of carbonyl (C=O) groups is 4. The van der Waals surface area contributed by atoms with Crippen molar-refractivity contribution >= 4 is 47.0 Å². The summed E-state index contributed by atoms with van der Waals surface area (Å²) in [6, 6.07) is -0.915. The molecule has 172 valence electrons. The van der Waals surface area contributed by atoms with Crippen LogP contribution in [0.4, 0.5) is 4.79 Å². The highest BCUT2D eigenvalue weighted by molar-refractivity contribution is 6.30. The van der Waals surface area contributed by atoms with Gasteiger partial charge in [-0.25, -0.2) is 4.79 Å². The summed E-state index contributed by atoms with van der Waals surface area (Å²) >= 11 is 12.5. The lowest BCUT2D eigenvalue weighted by Gasteiger charge is -2.32. The Morgan fingerprint density at radius 1 is 1.10 bits per heavy atom. The molecule has 4 fully saturated rings. The Bertz CT molecular complexity index is 751. The number of urea groups is 1. The molecule has 2 aliphatic heterocycles. The standard InChI is InChI=1S/C21H30Cl2N4O4/c22-14-2-1-3-15(18(14)23)25-21(31)24-9-11-4-5-12-10-27(20(30)13(12)8-11)16-6-7-17(28)26-19(16)29/h11-16,18H,1-10H2,(H2,24,25,31)(H,26,28,29).